The fraction of sp³-hybridized carbons (Fsp3) is 0. The number of rotatable bonds is 4. The molecule has 0 aliphatic rings. The fourth-order valence-electron chi connectivity index (χ4n) is 2.25. The van der Waals surface area contributed by atoms with Crippen LogP contribution in [-0.4, -0.2) is 18.0 Å². The van der Waals surface area contributed by atoms with Crippen LogP contribution in [0.1, 0.15) is 5.69 Å². The summed E-state index contributed by atoms with van der Waals surface area (Å²) in [6, 6.07) is 18.6. The highest BCUT2D eigenvalue weighted by molar-refractivity contribution is 7.95. The maximum absolute atomic E-state index is 12.6. The summed E-state index contributed by atoms with van der Waals surface area (Å²) in [4.78, 5) is 4.01. The maximum atomic E-state index is 12.6. The van der Waals surface area contributed by atoms with Gasteiger partial charge in [0, 0.05) is 18.1 Å². The lowest BCUT2D eigenvalue weighted by Crippen LogP contribution is -2.04. The summed E-state index contributed by atoms with van der Waals surface area (Å²) in [6.45, 7) is 0. The van der Waals surface area contributed by atoms with Gasteiger partial charge >= 0.3 is 0 Å². The van der Waals surface area contributed by atoms with E-state index in [2.05, 4.69) is 4.98 Å². The molecule has 0 aliphatic heterocycles. The standard InChI is InChI=1S/C18H13N3O2S/c19-14-17(24(22,23)16-8-2-1-3-9-16)13-15-7-6-12-21(15)18-10-4-5-11-20-18/h1-13H/b17-13+. The van der Waals surface area contributed by atoms with Gasteiger partial charge in [-0.3, -0.25) is 0 Å². The topological polar surface area (TPSA) is 75.8 Å². The van der Waals surface area contributed by atoms with E-state index in [1.54, 1.807) is 65.5 Å². The van der Waals surface area contributed by atoms with E-state index in [9.17, 15) is 13.7 Å². The van der Waals surface area contributed by atoms with Crippen LogP contribution >= 0.6 is 0 Å². The first-order valence-corrected chi connectivity index (χ1v) is 8.62. The van der Waals surface area contributed by atoms with E-state index < -0.39 is 9.84 Å². The van der Waals surface area contributed by atoms with E-state index in [0.29, 0.717) is 11.5 Å². The molecule has 0 amide bonds. The quantitative estimate of drug-likeness (QED) is 0.686. The van der Waals surface area contributed by atoms with Gasteiger partial charge in [-0.05, 0) is 42.5 Å². The highest BCUT2D eigenvalue weighted by Gasteiger charge is 2.21. The Bertz CT molecular complexity index is 1010. The first kappa shape index (κ1) is 15.7. The van der Waals surface area contributed by atoms with Crippen LogP contribution in [0, 0.1) is 11.3 Å². The van der Waals surface area contributed by atoms with Crippen molar-refractivity contribution in [1.29, 1.82) is 5.26 Å². The summed E-state index contributed by atoms with van der Waals surface area (Å²) in [5.41, 5.74) is 0.560. The second-order valence-corrected chi connectivity index (χ2v) is 6.85. The van der Waals surface area contributed by atoms with E-state index in [1.807, 2.05) is 6.07 Å². The van der Waals surface area contributed by atoms with Gasteiger partial charge in [0.2, 0.25) is 9.84 Å². The van der Waals surface area contributed by atoms with Crippen molar-refractivity contribution in [1.82, 2.24) is 9.55 Å². The molecule has 0 fully saturated rings. The van der Waals surface area contributed by atoms with Crippen LogP contribution < -0.4 is 0 Å². The molecule has 0 atom stereocenters. The molecule has 0 bridgehead atoms. The van der Waals surface area contributed by atoms with E-state index in [-0.39, 0.29) is 9.80 Å². The zero-order valence-corrected chi connectivity index (χ0v) is 13.4. The minimum absolute atomic E-state index is 0.0914. The SMILES string of the molecule is N#C/C(=C\c1cccn1-c1ccccn1)S(=O)(=O)c1ccccc1. The van der Waals surface area contributed by atoms with Crippen LogP contribution in [0.15, 0.2) is 82.9 Å². The van der Waals surface area contributed by atoms with Crippen molar-refractivity contribution in [3.8, 4) is 11.9 Å². The first-order chi connectivity index (χ1) is 11.6. The van der Waals surface area contributed by atoms with Crippen LogP contribution in [0.5, 0.6) is 0 Å². The van der Waals surface area contributed by atoms with Gasteiger partial charge in [-0.25, -0.2) is 13.4 Å². The lowest BCUT2D eigenvalue weighted by Gasteiger charge is -2.06. The van der Waals surface area contributed by atoms with Gasteiger partial charge in [0.15, 0.2) is 4.91 Å². The molecule has 24 heavy (non-hydrogen) atoms. The monoisotopic (exact) mass is 335 g/mol. The molecule has 0 unspecified atom stereocenters. The number of allylic oxidation sites excluding steroid dienone is 1. The number of pyridine rings is 1. The third-order valence-electron chi connectivity index (χ3n) is 3.41. The van der Waals surface area contributed by atoms with Crippen LogP contribution in [-0.2, 0) is 9.84 Å². The molecule has 6 heteroatoms. The van der Waals surface area contributed by atoms with Crippen LogP contribution in [0.25, 0.3) is 11.9 Å². The number of hydrogen-bond acceptors (Lipinski definition) is 4. The number of benzene rings is 1. The Kier molecular flexibility index (Phi) is 4.27. The van der Waals surface area contributed by atoms with Crippen molar-refractivity contribution in [3.63, 3.8) is 0 Å². The number of sulfone groups is 1. The number of nitrogens with zero attached hydrogens (tertiary/aromatic N) is 3. The van der Waals surface area contributed by atoms with Crippen LogP contribution in [0.2, 0.25) is 0 Å². The third-order valence-corrected chi connectivity index (χ3v) is 5.09. The molecule has 3 rings (SSSR count). The molecule has 118 valence electrons. The first-order valence-electron chi connectivity index (χ1n) is 7.13. The molecule has 5 nitrogen and oxygen atoms in total. The summed E-state index contributed by atoms with van der Waals surface area (Å²) in [6.07, 6.45) is 4.77. The predicted octanol–water partition coefficient (Wildman–Crippen LogP) is 3.21. The molecule has 0 saturated carbocycles. The molecular formula is C18H13N3O2S. The predicted molar refractivity (Wildman–Crippen MR) is 90.8 cm³/mol. The molecule has 0 aliphatic carbocycles. The average Bonchev–Trinajstić information content (AvgIpc) is 3.09. The zero-order chi connectivity index (χ0) is 17.0. The zero-order valence-electron chi connectivity index (χ0n) is 12.6. The highest BCUT2D eigenvalue weighted by atomic mass is 32.2. The van der Waals surface area contributed by atoms with Gasteiger partial charge < -0.3 is 4.57 Å². The Hall–Kier alpha value is -3.17. The van der Waals surface area contributed by atoms with Crippen molar-refractivity contribution in [2.75, 3.05) is 0 Å². The van der Waals surface area contributed by atoms with Gasteiger partial charge in [0.05, 0.1) is 4.90 Å². The smallest absolute Gasteiger partial charge is 0.216 e. The maximum Gasteiger partial charge on any atom is 0.216 e. The van der Waals surface area contributed by atoms with E-state index in [0.717, 1.165) is 0 Å². The Balaban J connectivity index is 2.08. The summed E-state index contributed by atoms with van der Waals surface area (Å²) < 4.78 is 27.0. The normalized spacial score (nSPS) is 11.9. The van der Waals surface area contributed by atoms with E-state index >= 15 is 0 Å². The Morgan fingerprint density at radius 3 is 2.46 bits per heavy atom. The second-order valence-electron chi connectivity index (χ2n) is 4.93. The molecule has 0 N–H and O–H groups in total. The minimum Gasteiger partial charge on any atom is -0.302 e. The lowest BCUT2D eigenvalue weighted by molar-refractivity contribution is 0.603. The summed E-state index contributed by atoms with van der Waals surface area (Å²) in [7, 11) is -3.86. The highest BCUT2D eigenvalue weighted by Crippen LogP contribution is 2.22. The van der Waals surface area contributed by atoms with Gasteiger partial charge in [-0.15, -0.1) is 0 Å². The molecule has 0 saturated heterocycles. The molecule has 0 spiro atoms. The minimum atomic E-state index is -3.86. The Morgan fingerprint density at radius 1 is 1.04 bits per heavy atom. The molecule has 3 aromatic rings. The largest absolute Gasteiger partial charge is 0.302 e. The molecule has 0 radical (unpaired) electrons. The van der Waals surface area contributed by atoms with Crippen LogP contribution in [0.3, 0.4) is 0 Å². The van der Waals surface area contributed by atoms with Crippen molar-refractivity contribution in [2.24, 2.45) is 0 Å². The van der Waals surface area contributed by atoms with Crippen molar-refractivity contribution in [3.05, 3.63) is 83.7 Å². The van der Waals surface area contributed by atoms with E-state index in [4.69, 9.17) is 0 Å². The van der Waals surface area contributed by atoms with Crippen molar-refractivity contribution >= 4 is 15.9 Å². The third kappa shape index (κ3) is 2.98. The van der Waals surface area contributed by atoms with Gasteiger partial charge in [-0.1, -0.05) is 24.3 Å². The fourth-order valence-corrected chi connectivity index (χ4v) is 3.41. The van der Waals surface area contributed by atoms with Gasteiger partial charge in [-0.2, -0.15) is 5.26 Å². The second kappa shape index (κ2) is 6.52. The van der Waals surface area contributed by atoms with Gasteiger partial charge in [0.1, 0.15) is 11.9 Å². The molecule has 2 heterocycles. The average molecular weight is 335 g/mol. The molecule has 1 aromatic carbocycles. The van der Waals surface area contributed by atoms with Crippen molar-refractivity contribution in [2.45, 2.75) is 4.90 Å². The number of nitriles is 1. The Labute approximate surface area is 140 Å². The molecular weight excluding hydrogens is 322 g/mol. The van der Waals surface area contributed by atoms with Gasteiger partial charge in [0.25, 0.3) is 0 Å². The summed E-state index contributed by atoms with van der Waals surface area (Å²) >= 11 is 0. The Morgan fingerprint density at radius 2 is 1.79 bits per heavy atom. The summed E-state index contributed by atoms with van der Waals surface area (Å²) in [5, 5.41) is 9.36. The number of hydrogen-bond donors (Lipinski definition) is 0. The number of aromatic nitrogens is 2. The lowest BCUT2D eigenvalue weighted by atomic mass is 10.3. The van der Waals surface area contributed by atoms with E-state index in [1.165, 1.54) is 18.2 Å². The van der Waals surface area contributed by atoms with Crippen molar-refractivity contribution < 1.29 is 8.42 Å². The summed E-state index contributed by atoms with van der Waals surface area (Å²) in [5.74, 6) is 0.642. The molecule has 2 aromatic heterocycles. The van der Waals surface area contributed by atoms with Crippen LogP contribution in [0.4, 0.5) is 0 Å².